The predicted octanol–water partition coefficient (Wildman–Crippen LogP) is 10.3. The van der Waals surface area contributed by atoms with Gasteiger partial charge in [0.25, 0.3) is 0 Å². The van der Waals surface area contributed by atoms with Crippen LogP contribution in [0.1, 0.15) is 56.3 Å². The Hall–Kier alpha value is -4.68. The van der Waals surface area contributed by atoms with Crippen LogP contribution in [0.5, 0.6) is 0 Å². The van der Waals surface area contributed by atoms with Gasteiger partial charge >= 0.3 is 0 Å². The largest absolute Gasteiger partial charge is 0.0622 e. The number of hydrogen-bond donors (Lipinski definition) is 0. The van der Waals surface area contributed by atoms with E-state index in [1.165, 1.54) is 55.6 Å². The number of rotatable bonds is 7. The van der Waals surface area contributed by atoms with E-state index in [-0.39, 0.29) is 11.8 Å². The monoisotopic (exact) mass is 514 g/mol. The van der Waals surface area contributed by atoms with Crippen LogP contribution in [0.2, 0.25) is 0 Å². The Bertz CT molecular complexity index is 1510. The molecule has 0 amide bonds. The summed E-state index contributed by atoms with van der Waals surface area (Å²) in [5.41, 5.74) is 12.9. The van der Waals surface area contributed by atoms with Crippen molar-refractivity contribution in [3.05, 3.63) is 202 Å². The van der Waals surface area contributed by atoms with Crippen LogP contribution < -0.4 is 0 Å². The Kier molecular flexibility index (Phi) is 7.42. The average molecular weight is 515 g/mol. The zero-order valence-corrected chi connectivity index (χ0v) is 23.2. The van der Waals surface area contributed by atoms with E-state index in [1.54, 1.807) is 0 Å². The molecule has 0 aromatic heterocycles. The summed E-state index contributed by atoms with van der Waals surface area (Å²) < 4.78 is 0. The quantitative estimate of drug-likeness (QED) is 0.186. The van der Waals surface area contributed by atoms with Crippen molar-refractivity contribution in [1.29, 1.82) is 0 Å². The highest BCUT2D eigenvalue weighted by atomic mass is 14.2. The molecule has 0 bridgehead atoms. The lowest BCUT2D eigenvalue weighted by Crippen LogP contribution is -2.04. The van der Waals surface area contributed by atoms with E-state index in [9.17, 15) is 0 Å². The maximum absolute atomic E-state index is 2.29. The molecule has 0 nitrogen and oxygen atoms in total. The van der Waals surface area contributed by atoms with E-state index in [0.29, 0.717) is 0 Å². The van der Waals surface area contributed by atoms with Crippen molar-refractivity contribution in [2.45, 2.75) is 25.7 Å². The van der Waals surface area contributed by atoms with E-state index in [1.807, 2.05) is 0 Å². The molecule has 40 heavy (non-hydrogen) atoms. The normalized spacial score (nSPS) is 12.6. The van der Waals surface area contributed by atoms with Gasteiger partial charge in [0.15, 0.2) is 0 Å². The van der Waals surface area contributed by atoms with Crippen LogP contribution in [0.3, 0.4) is 0 Å². The second-order valence-electron chi connectivity index (χ2n) is 10.8. The predicted molar refractivity (Wildman–Crippen MR) is 169 cm³/mol. The molecule has 194 valence electrons. The summed E-state index contributed by atoms with van der Waals surface area (Å²) in [5, 5.41) is 0. The van der Waals surface area contributed by atoms with Crippen molar-refractivity contribution in [3.63, 3.8) is 0 Å². The van der Waals surface area contributed by atoms with Gasteiger partial charge in [-0.2, -0.15) is 0 Å². The molecular formula is C40H34. The maximum atomic E-state index is 2.29. The third kappa shape index (κ3) is 5.53. The third-order valence-electron chi connectivity index (χ3n) is 7.91. The first-order valence-corrected chi connectivity index (χ1v) is 14.1. The summed E-state index contributed by atoms with van der Waals surface area (Å²) in [7, 11) is 0. The first-order chi connectivity index (χ1) is 19.7. The summed E-state index contributed by atoms with van der Waals surface area (Å²) in [6.45, 7) is 4.29. The summed E-state index contributed by atoms with van der Waals surface area (Å²) in [5.74, 6) is 0.415. The fourth-order valence-electron chi connectivity index (χ4n) is 5.70. The molecule has 0 radical (unpaired) electrons. The van der Waals surface area contributed by atoms with Gasteiger partial charge in [-0.05, 0) is 58.4 Å². The molecule has 0 aliphatic carbocycles. The standard InChI is InChI=1S/C40H34/c1-29-13-17-35(18-14-29)39(33-9-5-3-6-10-33)37-25-21-31(22-26-37)32-23-27-38(28-24-32)40(34-11-7-4-8-12-34)36-19-15-30(2)16-20-36/h3-28,39-40H,1-2H3. The van der Waals surface area contributed by atoms with Crippen molar-refractivity contribution in [3.8, 4) is 11.1 Å². The molecule has 2 unspecified atom stereocenters. The van der Waals surface area contributed by atoms with E-state index in [2.05, 4.69) is 172 Å². The third-order valence-corrected chi connectivity index (χ3v) is 7.91. The Morgan fingerprint density at radius 3 is 0.825 bits per heavy atom. The lowest BCUT2D eigenvalue weighted by Gasteiger charge is -2.20. The number of hydrogen-bond acceptors (Lipinski definition) is 0. The van der Waals surface area contributed by atoms with E-state index < -0.39 is 0 Å². The van der Waals surface area contributed by atoms with Crippen molar-refractivity contribution in [2.75, 3.05) is 0 Å². The smallest absolute Gasteiger partial charge is 0.0339 e. The lowest BCUT2D eigenvalue weighted by atomic mass is 9.83. The van der Waals surface area contributed by atoms with Gasteiger partial charge in [-0.15, -0.1) is 0 Å². The Labute approximate surface area is 238 Å². The molecule has 0 aliphatic rings. The van der Waals surface area contributed by atoms with Gasteiger partial charge in [-0.25, -0.2) is 0 Å². The molecule has 0 N–H and O–H groups in total. The van der Waals surface area contributed by atoms with Crippen LogP contribution in [-0.4, -0.2) is 0 Å². The molecular weight excluding hydrogens is 480 g/mol. The summed E-state index contributed by atoms with van der Waals surface area (Å²) in [4.78, 5) is 0. The van der Waals surface area contributed by atoms with Gasteiger partial charge in [-0.1, -0.05) is 169 Å². The first-order valence-electron chi connectivity index (χ1n) is 14.1. The van der Waals surface area contributed by atoms with E-state index in [4.69, 9.17) is 0 Å². The summed E-state index contributed by atoms with van der Waals surface area (Å²) in [6, 6.07) is 57.7. The molecule has 0 aliphatic heterocycles. The Balaban J connectivity index is 1.31. The maximum Gasteiger partial charge on any atom is 0.0339 e. The molecule has 6 rings (SSSR count). The fourth-order valence-corrected chi connectivity index (χ4v) is 5.70. The van der Waals surface area contributed by atoms with Crippen LogP contribution in [0.4, 0.5) is 0 Å². The summed E-state index contributed by atoms with van der Waals surface area (Å²) in [6.07, 6.45) is 0. The van der Waals surface area contributed by atoms with Crippen LogP contribution in [0, 0.1) is 13.8 Å². The van der Waals surface area contributed by atoms with Gasteiger partial charge in [0.1, 0.15) is 0 Å². The average Bonchev–Trinajstić information content (AvgIpc) is 3.01. The van der Waals surface area contributed by atoms with Gasteiger partial charge < -0.3 is 0 Å². The number of aryl methyl sites for hydroxylation is 2. The van der Waals surface area contributed by atoms with Crippen LogP contribution in [-0.2, 0) is 0 Å². The zero-order valence-electron chi connectivity index (χ0n) is 23.2. The molecule has 0 saturated carbocycles. The molecule has 0 heteroatoms. The van der Waals surface area contributed by atoms with Gasteiger partial charge in [0, 0.05) is 11.8 Å². The van der Waals surface area contributed by atoms with Gasteiger partial charge in [-0.3, -0.25) is 0 Å². The highest BCUT2D eigenvalue weighted by Gasteiger charge is 2.18. The molecule has 6 aromatic rings. The fraction of sp³-hybridized carbons (Fsp3) is 0.100. The molecule has 0 heterocycles. The van der Waals surface area contributed by atoms with Crippen LogP contribution in [0.25, 0.3) is 11.1 Å². The minimum Gasteiger partial charge on any atom is -0.0622 e. The first kappa shape index (κ1) is 25.6. The van der Waals surface area contributed by atoms with Crippen molar-refractivity contribution >= 4 is 0 Å². The molecule has 2 atom stereocenters. The van der Waals surface area contributed by atoms with E-state index in [0.717, 1.165) is 0 Å². The molecule has 6 aromatic carbocycles. The van der Waals surface area contributed by atoms with Crippen molar-refractivity contribution < 1.29 is 0 Å². The van der Waals surface area contributed by atoms with E-state index >= 15 is 0 Å². The van der Waals surface area contributed by atoms with Crippen LogP contribution >= 0.6 is 0 Å². The highest BCUT2D eigenvalue weighted by molar-refractivity contribution is 5.65. The number of benzene rings is 6. The summed E-state index contributed by atoms with van der Waals surface area (Å²) >= 11 is 0. The van der Waals surface area contributed by atoms with Crippen LogP contribution in [0.15, 0.2) is 158 Å². The second-order valence-corrected chi connectivity index (χ2v) is 10.8. The zero-order chi connectivity index (χ0) is 27.3. The van der Waals surface area contributed by atoms with Crippen molar-refractivity contribution in [2.24, 2.45) is 0 Å². The SMILES string of the molecule is Cc1ccc(C(c2ccccc2)c2ccc(-c3ccc(C(c4ccccc4)c4ccc(C)cc4)cc3)cc2)cc1. The molecule has 0 spiro atoms. The second kappa shape index (κ2) is 11.6. The molecule has 0 fully saturated rings. The molecule has 0 saturated heterocycles. The highest BCUT2D eigenvalue weighted by Crippen LogP contribution is 2.35. The minimum atomic E-state index is 0.208. The topological polar surface area (TPSA) is 0 Å². The Morgan fingerprint density at radius 1 is 0.275 bits per heavy atom. The van der Waals surface area contributed by atoms with Crippen molar-refractivity contribution in [1.82, 2.24) is 0 Å². The lowest BCUT2D eigenvalue weighted by molar-refractivity contribution is 0.975. The Morgan fingerprint density at radius 2 is 0.525 bits per heavy atom. The van der Waals surface area contributed by atoms with Gasteiger partial charge in [0.2, 0.25) is 0 Å². The van der Waals surface area contributed by atoms with Gasteiger partial charge in [0.05, 0.1) is 0 Å². The minimum absolute atomic E-state index is 0.208.